The molecule has 0 radical (unpaired) electrons. The standard InChI is InChI=1S/C21H21N5O/c1-3-15-10-9-14(2)11-18(15)22-13-17-12-19(27)26-21(23-17)24-20(25-26)16-7-5-4-6-8-16/h4-12,22H,3,13H2,1-2H3,(H,23,24,25). The summed E-state index contributed by atoms with van der Waals surface area (Å²) in [5, 5.41) is 6.42. The third-order valence-corrected chi connectivity index (χ3v) is 4.54. The van der Waals surface area contributed by atoms with Gasteiger partial charge in [0.25, 0.3) is 11.3 Å². The van der Waals surface area contributed by atoms with Gasteiger partial charge in [-0.25, -0.2) is 4.98 Å². The number of benzene rings is 2. The number of rotatable bonds is 5. The van der Waals surface area contributed by atoms with Crippen LogP contribution < -0.4 is 10.9 Å². The van der Waals surface area contributed by atoms with E-state index in [-0.39, 0.29) is 5.56 Å². The maximum atomic E-state index is 12.5. The number of aromatic amines is 1. The molecule has 0 unspecified atom stereocenters. The van der Waals surface area contributed by atoms with Gasteiger partial charge in [0.15, 0.2) is 5.82 Å². The molecule has 0 saturated heterocycles. The molecule has 0 fully saturated rings. The fourth-order valence-electron chi connectivity index (χ4n) is 3.09. The molecule has 2 aromatic heterocycles. The summed E-state index contributed by atoms with van der Waals surface area (Å²) in [6.45, 7) is 4.66. The third-order valence-electron chi connectivity index (χ3n) is 4.54. The molecule has 4 aromatic rings. The highest BCUT2D eigenvalue weighted by Gasteiger charge is 2.10. The number of fused-ring (bicyclic) bond motifs is 1. The molecule has 27 heavy (non-hydrogen) atoms. The number of H-pyrrole nitrogens is 1. The maximum Gasteiger partial charge on any atom is 0.274 e. The number of hydrogen-bond acceptors (Lipinski definition) is 4. The minimum absolute atomic E-state index is 0.175. The SMILES string of the molecule is CCc1ccc(C)cc1NCc1cc(=O)n2[nH]c(-c3ccccc3)nc2n1. The molecule has 0 aliphatic heterocycles. The summed E-state index contributed by atoms with van der Waals surface area (Å²) in [7, 11) is 0. The number of nitrogens with one attached hydrogen (secondary N) is 2. The zero-order valence-electron chi connectivity index (χ0n) is 15.4. The van der Waals surface area contributed by atoms with Crippen molar-refractivity contribution in [1.29, 1.82) is 0 Å². The Hall–Kier alpha value is -3.41. The van der Waals surface area contributed by atoms with Gasteiger partial charge >= 0.3 is 0 Å². The predicted molar refractivity (Wildman–Crippen MR) is 107 cm³/mol. The summed E-state index contributed by atoms with van der Waals surface area (Å²) in [4.78, 5) is 21.5. The molecule has 136 valence electrons. The van der Waals surface area contributed by atoms with Gasteiger partial charge in [0.05, 0.1) is 12.2 Å². The van der Waals surface area contributed by atoms with Crippen LogP contribution >= 0.6 is 0 Å². The van der Waals surface area contributed by atoms with E-state index in [9.17, 15) is 4.79 Å². The minimum atomic E-state index is -0.175. The largest absolute Gasteiger partial charge is 0.379 e. The van der Waals surface area contributed by atoms with Crippen molar-refractivity contribution in [2.45, 2.75) is 26.8 Å². The van der Waals surface area contributed by atoms with Gasteiger partial charge in [-0.05, 0) is 30.5 Å². The highest BCUT2D eigenvalue weighted by atomic mass is 16.1. The summed E-state index contributed by atoms with van der Waals surface area (Å²) in [6.07, 6.45) is 0.942. The van der Waals surface area contributed by atoms with E-state index in [1.54, 1.807) is 0 Å². The molecule has 2 N–H and O–H groups in total. The molecule has 0 bridgehead atoms. The second-order valence-electron chi connectivity index (χ2n) is 6.53. The molecule has 0 amide bonds. The Kier molecular flexibility index (Phi) is 4.46. The number of hydrogen-bond donors (Lipinski definition) is 2. The highest BCUT2D eigenvalue weighted by Crippen LogP contribution is 2.19. The Labute approximate surface area is 156 Å². The second kappa shape index (κ2) is 7.07. The average molecular weight is 359 g/mol. The summed E-state index contributed by atoms with van der Waals surface area (Å²) >= 11 is 0. The lowest BCUT2D eigenvalue weighted by Gasteiger charge is -2.11. The van der Waals surface area contributed by atoms with Crippen molar-refractivity contribution in [3.63, 3.8) is 0 Å². The van der Waals surface area contributed by atoms with E-state index in [0.29, 0.717) is 23.8 Å². The number of aryl methyl sites for hydroxylation is 2. The van der Waals surface area contributed by atoms with Crippen molar-refractivity contribution in [3.05, 3.63) is 81.8 Å². The zero-order valence-corrected chi connectivity index (χ0v) is 15.4. The predicted octanol–water partition coefficient (Wildman–Crippen LogP) is 3.57. The zero-order chi connectivity index (χ0) is 18.8. The van der Waals surface area contributed by atoms with E-state index in [1.165, 1.54) is 21.7 Å². The lowest BCUT2D eigenvalue weighted by atomic mass is 10.1. The molecule has 2 aromatic carbocycles. The molecule has 0 aliphatic rings. The molecule has 0 saturated carbocycles. The van der Waals surface area contributed by atoms with Crippen molar-refractivity contribution in [2.24, 2.45) is 0 Å². The van der Waals surface area contributed by atoms with Crippen LogP contribution in [0.3, 0.4) is 0 Å². The van der Waals surface area contributed by atoms with Crippen LogP contribution in [0.2, 0.25) is 0 Å². The van der Waals surface area contributed by atoms with E-state index < -0.39 is 0 Å². The van der Waals surface area contributed by atoms with Crippen LogP contribution in [-0.2, 0) is 13.0 Å². The first-order chi connectivity index (χ1) is 13.1. The van der Waals surface area contributed by atoms with E-state index in [0.717, 1.165) is 17.7 Å². The molecule has 2 heterocycles. The van der Waals surface area contributed by atoms with Crippen molar-refractivity contribution in [1.82, 2.24) is 19.6 Å². The van der Waals surface area contributed by atoms with E-state index in [1.807, 2.05) is 30.3 Å². The smallest absolute Gasteiger partial charge is 0.274 e. The summed E-state index contributed by atoms with van der Waals surface area (Å²) < 4.78 is 1.37. The van der Waals surface area contributed by atoms with E-state index in [2.05, 4.69) is 52.4 Å². The minimum Gasteiger partial charge on any atom is -0.379 e. The van der Waals surface area contributed by atoms with Crippen molar-refractivity contribution in [3.8, 4) is 11.4 Å². The van der Waals surface area contributed by atoms with Crippen molar-refractivity contribution in [2.75, 3.05) is 5.32 Å². The highest BCUT2D eigenvalue weighted by molar-refractivity contribution is 5.57. The summed E-state index contributed by atoms with van der Waals surface area (Å²) in [5.74, 6) is 0.996. The third kappa shape index (κ3) is 3.46. The fourth-order valence-corrected chi connectivity index (χ4v) is 3.09. The Morgan fingerprint density at radius 3 is 2.67 bits per heavy atom. The van der Waals surface area contributed by atoms with E-state index in [4.69, 9.17) is 0 Å². The Bertz CT molecular complexity index is 1140. The van der Waals surface area contributed by atoms with Gasteiger partial charge in [0, 0.05) is 17.3 Å². The van der Waals surface area contributed by atoms with Crippen LogP contribution in [0.15, 0.2) is 59.4 Å². The van der Waals surface area contributed by atoms with Crippen LogP contribution in [-0.4, -0.2) is 19.6 Å². The lowest BCUT2D eigenvalue weighted by molar-refractivity contribution is 0.878. The summed E-state index contributed by atoms with van der Waals surface area (Å²) in [5.41, 5.74) is 4.91. The van der Waals surface area contributed by atoms with Crippen molar-refractivity contribution >= 4 is 11.5 Å². The van der Waals surface area contributed by atoms with Gasteiger partial charge in [-0.3, -0.25) is 9.89 Å². The van der Waals surface area contributed by atoms with Crippen LogP contribution in [0, 0.1) is 6.92 Å². The van der Waals surface area contributed by atoms with Crippen LogP contribution in [0.1, 0.15) is 23.7 Å². The normalized spacial score (nSPS) is 11.0. The quantitative estimate of drug-likeness (QED) is 0.571. The maximum absolute atomic E-state index is 12.5. The lowest BCUT2D eigenvalue weighted by Crippen LogP contribution is -2.17. The van der Waals surface area contributed by atoms with Gasteiger partial charge in [-0.1, -0.05) is 49.4 Å². The Balaban J connectivity index is 1.64. The molecule has 4 rings (SSSR count). The second-order valence-corrected chi connectivity index (χ2v) is 6.53. The van der Waals surface area contributed by atoms with Gasteiger partial charge in [-0.2, -0.15) is 9.50 Å². The molecule has 0 aliphatic carbocycles. The molecule has 6 heteroatoms. The monoisotopic (exact) mass is 359 g/mol. The fraction of sp³-hybridized carbons (Fsp3) is 0.190. The summed E-state index contributed by atoms with van der Waals surface area (Å²) in [6, 6.07) is 17.6. The van der Waals surface area contributed by atoms with E-state index >= 15 is 0 Å². The average Bonchev–Trinajstić information content (AvgIpc) is 3.12. The van der Waals surface area contributed by atoms with Crippen molar-refractivity contribution < 1.29 is 0 Å². The first kappa shape index (κ1) is 17.0. The molecule has 6 nitrogen and oxygen atoms in total. The van der Waals surface area contributed by atoms with Gasteiger partial charge in [-0.15, -0.1) is 0 Å². The van der Waals surface area contributed by atoms with Crippen LogP contribution in [0.4, 0.5) is 5.69 Å². The molecular formula is C21H21N5O. The van der Waals surface area contributed by atoms with Gasteiger partial charge in [0.1, 0.15) is 0 Å². The van der Waals surface area contributed by atoms with Crippen LogP contribution in [0.5, 0.6) is 0 Å². The topological polar surface area (TPSA) is 75.1 Å². The van der Waals surface area contributed by atoms with Gasteiger partial charge < -0.3 is 5.32 Å². The first-order valence-corrected chi connectivity index (χ1v) is 9.01. The molecule has 0 atom stereocenters. The molecule has 0 spiro atoms. The number of aromatic nitrogens is 4. The molecular weight excluding hydrogens is 338 g/mol. The number of nitrogens with zero attached hydrogens (tertiary/aromatic N) is 3. The van der Waals surface area contributed by atoms with Gasteiger partial charge in [0.2, 0.25) is 0 Å². The van der Waals surface area contributed by atoms with Crippen LogP contribution in [0.25, 0.3) is 17.2 Å². The number of anilines is 1. The first-order valence-electron chi connectivity index (χ1n) is 9.01. The Morgan fingerprint density at radius 2 is 1.89 bits per heavy atom. The Morgan fingerprint density at radius 1 is 1.07 bits per heavy atom.